The number of hydrogen-bond acceptors (Lipinski definition) is 6. The minimum absolute atomic E-state index is 0.145. The molecule has 0 saturated carbocycles. The van der Waals surface area contributed by atoms with E-state index in [-0.39, 0.29) is 16.6 Å². The van der Waals surface area contributed by atoms with Gasteiger partial charge in [0, 0.05) is 24.3 Å². The Morgan fingerprint density at radius 2 is 1.73 bits per heavy atom. The van der Waals surface area contributed by atoms with Crippen molar-refractivity contribution < 1.29 is 13.2 Å². The van der Waals surface area contributed by atoms with E-state index in [0.29, 0.717) is 17.4 Å². The number of benzene rings is 2. The predicted octanol–water partition coefficient (Wildman–Crippen LogP) is 2.86. The molecule has 0 spiro atoms. The van der Waals surface area contributed by atoms with E-state index in [1.165, 1.54) is 23.9 Å². The number of carbonyl (C=O) groups is 1. The second-order valence-electron chi connectivity index (χ2n) is 6.29. The lowest BCUT2D eigenvalue weighted by atomic mass is 10.3. The summed E-state index contributed by atoms with van der Waals surface area (Å²) in [5, 5.41) is 11.8. The molecule has 1 heterocycles. The maximum Gasteiger partial charge on any atom is 0.240 e. The van der Waals surface area contributed by atoms with E-state index in [4.69, 9.17) is 0 Å². The van der Waals surface area contributed by atoms with E-state index in [2.05, 4.69) is 20.2 Å². The van der Waals surface area contributed by atoms with Crippen LogP contribution in [0.15, 0.2) is 64.6 Å². The number of rotatable bonds is 9. The zero-order valence-corrected chi connectivity index (χ0v) is 18.3. The molecule has 0 saturated heterocycles. The van der Waals surface area contributed by atoms with Crippen molar-refractivity contribution in [2.45, 2.75) is 30.3 Å². The molecule has 0 atom stereocenters. The van der Waals surface area contributed by atoms with E-state index in [1.54, 1.807) is 19.1 Å². The zero-order chi connectivity index (χ0) is 21.6. The molecule has 0 fully saturated rings. The van der Waals surface area contributed by atoms with E-state index >= 15 is 0 Å². The van der Waals surface area contributed by atoms with Crippen molar-refractivity contribution >= 4 is 33.4 Å². The fourth-order valence-electron chi connectivity index (χ4n) is 2.78. The van der Waals surface area contributed by atoms with Gasteiger partial charge in [-0.2, -0.15) is 0 Å². The first-order valence-corrected chi connectivity index (χ1v) is 11.9. The number of hydrogen-bond donors (Lipinski definition) is 2. The van der Waals surface area contributed by atoms with Crippen LogP contribution in [0, 0.1) is 0 Å². The Kier molecular flexibility index (Phi) is 7.24. The van der Waals surface area contributed by atoms with Crippen molar-refractivity contribution in [2.24, 2.45) is 0 Å². The van der Waals surface area contributed by atoms with Crippen LogP contribution in [0.1, 0.15) is 19.7 Å². The number of aromatic nitrogens is 3. The second kappa shape index (κ2) is 9.88. The first-order chi connectivity index (χ1) is 14.4. The van der Waals surface area contributed by atoms with Gasteiger partial charge < -0.3 is 5.32 Å². The van der Waals surface area contributed by atoms with Gasteiger partial charge in [0.05, 0.1) is 10.6 Å². The van der Waals surface area contributed by atoms with Crippen molar-refractivity contribution in [3.63, 3.8) is 0 Å². The number of carbonyl (C=O) groups excluding carboxylic acids is 1. The van der Waals surface area contributed by atoms with Crippen LogP contribution < -0.4 is 10.0 Å². The molecule has 3 rings (SSSR count). The summed E-state index contributed by atoms with van der Waals surface area (Å²) in [7, 11) is -3.52. The summed E-state index contributed by atoms with van der Waals surface area (Å²) in [5.41, 5.74) is 1.47. The second-order valence-corrected chi connectivity index (χ2v) is 9.00. The molecule has 30 heavy (non-hydrogen) atoms. The van der Waals surface area contributed by atoms with E-state index < -0.39 is 10.0 Å². The summed E-state index contributed by atoms with van der Waals surface area (Å²) in [4.78, 5) is 12.5. The minimum atomic E-state index is -3.52. The molecule has 0 aliphatic heterocycles. The number of sulfonamides is 1. The van der Waals surface area contributed by atoms with Gasteiger partial charge in [0.25, 0.3) is 0 Å². The van der Waals surface area contributed by atoms with Crippen LogP contribution in [-0.2, 0) is 21.2 Å². The van der Waals surface area contributed by atoms with Gasteiger partial charge in [-0.1, -0.05) is 43.8 Å². The number of thioether (sulfide) groups is 1. The summed E-state index contributed by atoms with van der Waals surface area (Å²) in [5.74, 6) is 0.746. The molecule has 10 heteroatoms. The van der Waals surface area contributed by atoms with Crippen LogP contribution in [0.4, 0.5) is 5.69 Å². The SMILES string of the molecule is CCNS(=O)(=O)c1ccc(NC(=O)CSc2nnc(CC)n2-c2ccccc2)cc1. The molecule has 158 valence electrons. The fraction of sp³-hybridized carbons (Fsp3) is 0.250. The number of nitrogens with one attached hydrogen (secondary N) is 2. The van der Waals surface area contributed by atoms with Gasteiger partial charge >= 0.3 is 0 Å². The quantitative estimate of drug-likeness (QED) is 0.491. The van der Waals surface area contributed by atoms with Gasteiger partial charge in [0.2, 0.25) is 15.9 Å². The summed E-state index contributed by atoms with van der Waals surface area (Å²) in [6.45, 7) is 4.03. The van der Waals surface area contributed by atoms with E-state index in [1.807, 2.05) is 41.8 Å². The molecule has 3 aromatic rings. The Bertz CT molecular complexity index is 1100. The first-order valence-electron chi connectivity index (χ1n) is 9.46. The van der Waals surface area contributed by atoms with Gasteiger partial charge in [-0.15, -0.1) is 10.2 Å². The highest BCUT2D eigenvalue weighted by Crippen LogP contribution is 2.22. The average Bonchev–Trinajstić information content (AvgIpc) is 3.16. The minimum Gasteiger partial charge on any atom is -0.325 e. The molecular weight excluding hydrogens is 422 g/mol. The monoisotopic (exact) mass is 445 g/mol. The molecule has 8 nitrogen and oxygen atoms in total. The molecule has 0 bridgehead atoms. The topological polar surface area (TPSA) is 106 Å². The predicted molar refractivity (Wildman–Crippen MR) is 117 cm³/mol. The molecule has 0 aliphatic carbocycles. The first kappa shape index (κ1) is 22.0. The van der Waals surface area contributed by atoms with Crippen LogP contribution in [0.25, 0.3) is 5.69 Å². The molecule has 0 radical (unpaired) electrons. The Balaban J connectivity index is 1.65. The van der Waals surface area contributed by atoms with Crippen LogP contribution in [-0.4, -0.2) is 41.4 Å². The fourth-order valence-corrected chi connectivity index (χ4v) is 4.59. The van der Waals surface area contributed by atoms with Crippen molar-refractivity contribution in [2.75, 3.05) is 17.6 Å². The van der Waals surface area contributed by atoms with Gasteiger partial charge in [-0.3, -0.25) is 9.36 Å². The largest absolute Gasteiger partial charge is 0.325 e. The van der Waals surface area contributed by atoms with E-state index in [9.17, 15) is 13.2 Å². The number of anilines is 1. The van der Waals surface area contributed by atoms with E-state index in [0.717, 1.165) is 17.9 Å². The van der Waals surface area contributed by atoms with Crippen molar-refractivity contribution in [3.05, 3.63) is 60.4 Å². The van der Waals surface area contributed by atoms with Crippen LogP contribution in [0.5, 0.6) is 0 Å². The summed E-state index contributed by atoms with van der Waals surface area (Å²) >= 11 is 1.29. The van der Waals surface area contributed by atoms with Crippen LogP contribution in [0.2, 0.25) is 0 Å². The van der Waals surface area contributed by atoms with Crippen LogP contribution in [0.3, 0.4) is 0 Å². The molecule has 0 unspecified atom stereocenters. The summed E-state index contributed by atoms with van der Waals surface area (Å²) < 4.78 is 28.3. The Labute approximate surface area is 180 Å². The van der Waals surface area contributed by atoms with Crippen LogP contribution >= 0.6 is 11.8 Å². The molecule has 1 amide bonds. The molecule has 2 aromatic carbocycles. The highest BCUT2D eigenvalue weighted by molar-refractivity contribution is 7.99. The zero-order valence-electron chi connectivity index (χ0n) is 16.7. The lowest BCUT2D eigenvalue weighted by Crippen LogP contribution is -2.23. The molecule has 1 aromatic heterocycles. The highest BCUT2D eigenvalue weighted by Gasteiger charge is 2.15. The molecule has 0 aliphatic rings. The number of nitrogens with zero attached hydrogens (tertiary/aromatic N) is 3. The Morgan fingerprint density at radius 1 is 1.03 bits per heavy atom. The maximum absolute atomic E-state index is 12.4. The third-order valence-corrected chi connectivity index (χ3v) is 6.64. The average molecular weight is 446 g/mol. The standard InChI is InChI=1S/C20H23N5O3S2/c1-3-18-23-24-20(25(18)16-8-6-5-7-9-16)29-14-19(26)22-15-10-12-17(13-11-15)30(27,28)21-4-2/h5-13,21H,3-4,14H2,1-2H3,(H,22,26). The molecular formula is C20H23N5O3S2. The number of aryl methyl sites for hydroxylation is 1. The van der Waals surface area contributed by atoms with Gasteiger partial charge in [-0.05, 0) is 36.4 Å². The van der Waals surface area contributed by atoms with Crippen molar-refractivity contribution in [1.82, 2.24) is 19.5 Å². The van der Waals surface area contributed by atoms with Gasteiger partial charge in [0.1, 0.15) is 5.82 Å². The normalized spacial score (nSPS) is 11.4. The van der Waals surface area contributed by atoms with Crippen molar-refractivity contribution in [3.8, 4) is 5.69 Å². The lowest BCUT2D eigenvalue weighted by molar-refractivity contribution is -0.113. The number of para-hydroxylation sites is 1. The molecule has 2 N–H and O–H groups in total. The maximum atomic E-state index is 12.4. The highest BCUT2D eigenvalue weighted by atomic mass is 32.2. The number of amides is 1. The van der Waals surface area contributed by atoms with Gasteiger partial charge in [0.15, 0.2) is 5.16 Å². The smallest absolute Gasteiger partial charge is 0.240 e. The summed E-state index contributed by atoms with van der Waals surface area (Å²) in [6.07, 6.45) is 0.719. The summed E-state index contributed by atoms with van der Waals surface area (Å²) in [6, 6.07) is 15.8. The third kappa shape index (κ3) is 5.26. The Hall–Kier alpha value is -2.69. The lowest BCUT2D eigenvalue weighted by Gasteiger charge is -2.10. The Morgan fingerprint density at radius 3 is 2.37 bits per heavy atom. The van der Waals surface area contributed by atoms with Gasteiger partial charge in [-0.25, -0.2) is 13.1 Å². The third-order valence-electron chi connectivity index (χ3n) is 4.15. The van der Waals surface area contributed by atoms with Crippen molar-refractivity contribution in [1.29, 1.82) is 0 Å².